The number of rotatable bonds is 2. The van der Waals surface area contributed by atoms with E-state index in [2.05, 4.69) is 0 Å². The largest absolute Gasteiger partial charge is 0.416 e. The normalized spacial score (nSPS) is 23.3. The number of hydrogen-bond acceptors (Lipinski definition) is 2. The Labute approximate surface area is 109 Å². The van der Waals surface area contributed by atoms with Crippen molar-refractivity contribution >= 4 is 0 Å². The fraction of sp³-hybridized carbons (Fsp3) is 0.286. The van der Waals surface area contributed by atoms with E-state index in [0.29, 0.717) is 18.5 Å². The van der Waals surface area contributed by atoms with E-state index >= 15 is 0 Å². The lowest BCUT2D eigenvalue weighted by Gasteiger charge is -2.28. The average molecular weight is 268 g/mol. The van der Waals surface area contributed by atoms with Crippen LogP contribution >= 0.6 is 0 Å². The zero-order valence-electron chi connectivity index (χ0n) is 10.2. The van der Waals surface area contributed by atoms with Crippen LogP contribution in [0.3, 0.4) is 0 Å². The first-order valence-electron chi connectivity index (χ1n) is 5.87. The topological polar surface area (TPSA) is 52.0 Å². The highest BCUT2D eigenvalue weighted by molar-refractivity contribution is 5.31. The Kier molecular flexibility index (Phi) is 3.41. The molecule has 0 bridgehead atoms. The predicted octanol–water partition coefficient (Wildman–Crippen LogP) is 2.75. The number of hydrogen-bond donors (Lipinski definition) is 2. The molecule has 0 fully saturated rings. The molecule has 1 aromatic rings. The molecule has 0 amide bonds. The van der Waals surface area contributed by atoms with Gasteiger partial charge in [-0.15, -0.1) is 0 Å². The molecule has 4 N–H and O–H groups in total. The Morgan fingerprint density at radius 1 is 1.16 bits per heavy atom. The van der Waals surface area contributed by atoms with Gasteiger partial charge in [0.15, 0.2) is 0 Å². The summed E-state index contributed by atoms with van der Waals surface area (Å²) < 4.78 is 37.3. The highest BCUT2D eigenvalue weighted by atomic mass is 19.4. The summed E-state index contributed by atoms with van der Waals surface area (Å²) in [6.45, 7) is 0. The minimum atomic E-state index is -4.31. The monoisotopic (exact) mass is 268 g/mol. The Hall–Kier alpha value is -1.75. The third kappa shape index (κ3) is 3.38. The summed E-state index contributed by atoms with van der Waals surface area (Å²) in [6, 6.07) is 5.06. The first-order valence-corrected chi connectivity index (χ1v) is 5.87. The molecule has 0 saturated heterocycles. The van der Waals surface area contributed by atoms with Gasteiger partial charge in [-0.2, -0.15) is 13.2 Å². The third-order valence-electron chi connectivity index (χ3n) is 3.09. The molecule has 2 nitrogen and oxygen atoms in total. The number of allylic oxidation sites excluding steroid dienone is 2. The van der Waals surface area contributed by atoms with Crippen LogP contribution < -0.4 is 11.5 Å². The standard InChI is InChI=1S/C14H15F3N2/c15-14(16,17)11-5-3-10(4-6-11)8-13(19)7-1-2-12(18)9-13/h1-7H,8-9,18-19H2. The Morgan fingerprint density at radius 3 is 2.32 bits per heavy atom. The molecule has 1 aliphatic carbocycles. The summed E-state index contributed by atoms with van der Waals surface area (Å²) in [5.41, 5.74) is 12.1. The second-order valence-corrected chi connectivity index (χ2v) is 4.88. The SMILES string of the molecule is NC1=CC=CC(N)(Cc2ccc(C(F)(F)F)cc2)C1. The second kappa shape index (κ2) is 4.74. The van der Waals surface area contributed by atoms with Crippen LogP contribution in [-0.2, 0) is 12.6 Å². The summed E-state index contributed by atoms with van der Waals surface area (Å²) in [4.78, 5) is 0. The van der Waals surface area contributed by atoms with Crippen LogP contribution in [0.15, 0.2) is 48.2 Å². The summed E-state index contributed by atoms with van der Waals surface area (Å²) in [7, 11) is 0. The predicted molar refractivity (Wildman–Crippen MR) is 68.1 cm³/mol. The summed E-state index contributed by atoms with van der Waals surface area (Å²) >= 11 is 0. The van der Waals surface area contributed by atoms with E-state index in [0.717, 1.165) is 17.7 Å². The molecule has 1 atom stereocenters. The maximum atomic E-state index is 12.4. The van der Waals surface area contributed by atoms with Crippen molar-refractivity contribution in [3.63, 3.8) is 0 Å². The Balaban J connectivity index is 2.12. The van der Waals surface area contributed by atoms with Gasteiger partial charge >= 0.3 is 6.18 Å². The maximum Gasteiger partial charge on any atom is 0.416 e. The lowest BCUT2D eigenvalue weighted by molar-refractivity contribution is -0.137. The Bertz CT molecular complexity index is 514. The molecular weight excluding hydrogens is 253 g/mol. The number of alkyl halides is 3. The van der Waals surface area contributed by atoms with Gasteiger partial charge in [-0.05, 0) is 30.2 Å². The fourth-order valence-electron chi connectivity index (χ4n) is 2.17. The van der Waals surface area contributed by atoms with Gasteiger partial charge < -0.3 is 11.5 Å². The molecule has 19 heavy (non-hydrogen) atoms. The van der Waals surface area contributed by atoms with E-state index < -0.39 is 17.3 Å². The van der Waals surface area contributed by atoms with Crippen LogP contribution in [0.1, 0.15) is 17.5 Å². The van der Waals surface area contributed by atoms with Gasteiger partial charge in [0.1, 0.15) is 0 Å². The lowest BCUT2D eigenvalue weighted by Crippen LogP contribution is -2.42. The Morgan fingerprint density at radius 2 is 1.79 bits per heavy atom. The molecule has 0 aliphatic heterocycles. The molecule has 0 heterocycles. The van der Waals surface area contributed by atoms with Crippen molar-refractivity contribution < 1.29 is 13.2 Å². The van der Waals surface area contributed by atoms with Gasteiger partial charge in [-0.25, -0.2) is 0 Å². The van der Waals surface area contributed by atoms with Crippen LogP contribution in [0.2, 0.25) is 0 Å². The van der Waals surface area contributed by atoms with Crippen LogP contribution in [0.5, 0.6) is 0 Å². The van der Waals surface area contributed by atoms with Crippen molar-refractivity contribution in [3.8, 4) is 0 Å². The van der Waals surface area contributed by atoms with Crippen molar-refractivity contribution in [3.05, 3.63) is 59.3 Å². The molecular formula is C14H15F3N2. The first-order chi connectivity index (χ1) is 8.78. The van der Waals surface area contributed by atoms with Gasteiger partial charge in [-0.3, -0.25) is 0 Å². The van der Waals surface area contributed by atoms with Crippen molar-refractivity contribution in [2.75, 3.05) is 0 Å². The fourth-order valence-corrected chi connectivity index (χ4v) is 2.17. The molecule has 1 aromatic carbocycles. The number of benzene rings is 1. The zero-order chi connectivity index (χ0) is 14.1. The van der Waals surface area contributed by atoms with E-state index in [1.165, 1.54) is 12.1 Å². The van der Waals surface area contributed by atoms with Crippen LogP contribution in [-0.4, -0.2) is 5.54 Å². The maximum absolute atomic E-state index is 12.4. The van der Waals surface area contributed by atoms with Gasteiger partial charge in [0.05, 0.1) is 5.56 Å². The van der Waals surface area contributed by atoms with Gasteiger partial charge in [0.25, 0.3) is 0 Å². The van der Waals surface area contributed by atoms with E-state index in [1.54, 1.807) is 12.2 Å². The second-order valence-electron chi connectivity index (χ2n) is 4.88. The van der Waals surface area contributed by atoms with E-state index in [4.69, 9.17) is 11.5 Å². The summed E-state index contributed by atoms with van der Waals surface area (Å²) in [5.74, 6) is 0. The molecule has 0 saturated carbocycles. The van der Waals surface area contributed by atoms with Crippen molar-refractivity contribution in [1.82, 2.24) is 0 Å². The molecule has 0 spiro atoms. The van der Waals surface area contributed by atoms with Gasteiger partial charge in [0, 0.05) is 17.7 Å². The van der Waals surface area contributed by atoms with Crippen molar-refractivity contribution in [2.24, 2.45) is 11.5 Å². The lowest BCUT2D eigenvalue weighted by atomic mass is 9.84. The molecule has 1 aliphatic rings. The van der Waals surface area contributed by atoms with Crippen LogP contribution in [0, 0.1) is 0 Å². The van der Waals surface area contributed by atoms with Gasteiger partial charge in [0.2, 0.25) is 0 Å². The third-order valence-corrected chi connectivity index (χ3v) is 3.09. The van der Waals surface area contributed by atoms with Crippen LogP contribution in [0.25, 0.3) is 0 Å². The number of halogens is 3. The molecule has 0 radical (unpaired) electrons. The highest BCUT2D eigenvalue weighted by Gasteiger charge is 2.30. The van der Waals surface area contributed by atoms with E-state index in [9.17, 15) is 13.2 Å². The smallest absolute Gasteiger partial charge is 0.402 e. The molecule has 5 heteroatoms. The summed E-state index contributed by atoms with van der Waals surface area (Å²) in [6.07, 6.45) is 2.04. The van der Waals surface area contributed by atoms with E-state index in [1.807, 2.05) is 6.08 Å². The molecule has 1 unspecified atom stereocenters. The first kappa shape index (κ1) is 13.7. The average Bonchev–Trinajstić information content (AvgIpc) is 2.27. The number of nitrogens with two attached hydrogens (primary N) is 2. The molecule has 0 aromatic heterocycles. The molecule has 2 rings (SSSR count). The minimum Gasteiger partial charge on any atom is -0.402 e. The van der Waals surface area contributed by atoms with Crippen molar-refractivity contribution in [2.45, 2.75) is 24.6 Å². The molecule has 102 valence electrons. The van der Waals surface area contributed by atoms with Crippen molar-refractivity contribution in [1.29, 1.82) is 0 Å². The van der Waals surface area contributed by atoms with E-state index in [-0.39, 0.29) is 0 Å². The zero-order valence-corrected chi connectivity index (χ0v) is 10.2. The quantitative estimate of drug-likeness (QED) is 0.866. The highest BCUT2D eigenvalue weighted by Crippen LogP contribution is 2.30. The van der Waals surface area contributed by atoms with Gasteiger partial charge in [-0.1, -0.05) is 24.3 Å². The van der Waals surface area contributed by atoms with Crippen LogP contribution in [0.4, 0.5) is 13.2 Å². The summed E-state index contributed by atoms with van der Waals surface area (Å²) in [5, 5.41) is 0. The minimum absolute atomic E-state index is 0.455.